The van der Waals surface area contributed by atoms with E-state index in [-0.39, 0.29) is 10.9 Å². The summed E-state index contributed by atoms with van der Waals surface area (Å²) in [6.45, 7) is 6.37. The third kappa shape index (κ3) is 2.95. The van der Waals surface area contributed by atoms with Gasteiger partial charge in [0, 0.05) is 6.54 Å². The lowest BCUT2D eigenvalue weighted by atomic mass is 9.86. The van der Waals surface area contributed by atoms with Crippen LogP contribution in [0.3, 0.4) is 0 Å². The molecule has 3 N–H and O–H groups in total. The first-order valence-corrected chi connectivity index (χ1v) is 4.98. The minimum atomic E-state index is -0.690. The highest BCUT2D eigenvalue weighted by Crippen LogP contribution is 2.21. The summed E-state index contributed by atoms with van der Waals surface area (Å²) in [4.78, 5) is 11.9. The van der Waals surface area contributed by atoms with Crippen LogP contribution in [-0.4, -0.2) is 17.4 Å². The van der Waals surface area contributed by atoms with E-state index < -0.39 is 5.41 Å². The van der Waals surface area contributed by atoms with Gasteiger partial charge in [-0.05, 0) is 19.8 Å². The Labute approximate surface area is 85.1 Å². The normalized spacial score (nSPS) is 14.7. The van der Waals surface area contributed by atoms with Crippen molar-refractivity contribution in [2.24, 2.45) is 11.1 Å². The van der Waals surface area contributed by atoms with Crippen LogP contribution in [0.1, 0.15) is 33.6 Å². The first-order valence-electron chi connectivity index (χ1n) is 4.57. The number of rotatable bonds is 5. The third-order valence-electron chi connectivity index (χ3n) is 2.29. The number of amides is 1. The van der Waals surface area contributed by atoms with Gasteiger partial charge in [-0.2, -0.15) is 0 Å². The van der Waals surface area contributed by atoms with E-state index in [0.29, 0.717) is 13.0 Å². The summed E-state index contributed by atoms with van der Waals surface area (Å²) < 4.78 is 0. The quantitative estimate of drug-likeness (QED) is 0.659. The second-order valence-corrected chi connectivity index (χ2v) is 3.75. The minimum Gasteiger partial charge on any atom is -0.392 e. The molecule has 0 aliphatic rings. The molecule has 0 aromatic carbocycles. The summed E-state index contributed by atoms with van der Waals surface area (Å²) in [5.74, 6) is -0.0654. The van der Waals surface area contributed by atoms with E-state index in [2.05, 4.69) is 5.32 Å². The fourth-order valence-electron chi connectivity index (χ4n) is 0.880. The summed E-state index contributed by atoms with van der Waals surface area (Å²) in [5, 5.41) is 2.80. The van der Waals surface area contributed by atoms with Crippen molar-refractivity contribution in [2.45, 2.75) is 33.6 Å². The molecule has 0 heterocycles. The lowest BCUT2D eigenvalue weighted by Crippen LogP contribution is -2.46. The number of nitrogens with one attached hydrogen (secondary N) is 1. The predicted octanol–water partition coefficient (Wildman–Crippen LogP) is 1.22. The Morgan fingerprint density at radius 2 is 2.08 bits per heavy atom. The highest BCUT2D eigenvalue weighted by Gasteiger charge is 2.33. The van der Waals surface area contributed by atoms with Crippen LogP contribution in [0.2, 0.25) is 0 Å². The zero-order valence-electron chi connectivity index (χ0n) is 8.52. The molecule has 3 nitrogen and oxygen atoms in total. The van der Waals surface area contributed by atoms with Crippen molar-refractivity contribution >= 4 is 23.1 Å². The Morgan fingerprint density at radius 3 is 2.38 bits per heavy atom. The minimum absolute atomic E-state index is 0.0654. The van der Waals surface area contributed by atoms with E-state index in [9.17, 15) is 4.79 Å². The standard InChI is InChI=1S/C9H18N2OS/c1-4-6-11-8(12)9(3,5-2)7(10)13/h4-6H2,1-3H3,(H2,10,13)(H,11,12). The van der Waals surface area contributed by atoms with Crippen molar-refractivity contribution in [2.75, 3.05) is 6.54 Å². The molecule has 0 aromatic rings. The van der Waals surface area contributed by atoms with Crippen molar-refractivity contribution in [1.29, 1.82) is 0 Å². The zero-order valence-corrected chi connectivity index (χ0v) is 9.33. The fourth-order valence-corrected chi connectivity index (χ4v) is 1.12. The fraction of sp³-hybridized carbons (Fsp3) is 0.778. The van der Waals surface area contributed by atoms with Gasteiger partial charge >= 0.3 is 0 Å². The van der Waals surface area contributed by atoms with Gasteiger partial charge in [0.25, 0.3) is 0 Å². The Morgan fingerprint density at radius 1 is 1.54 bits per heavy atom. The van der Waals surface area contributed by atoms with Crippen LogP contribution in [0.25, 0.3) is 0 Å². The van der Waals surface area contributed by atoms with Gasteiger partial charge in [0.2, 0.25) is 5.91 Å². The molecule has 0 aromatic heterocycles. The maximum absolute atomic E-state index is 11.6. The van der Waals surface area contributed by atoms with Gasteiger partial charge < -0.3 is 11.1 Å². The Bertz CT molecular complexity index is 206. The van der Waals surface area contributed by atoms with E-state index >= 15 is 0 Å². The van der Waals surface area contributed by atoms with Gasteiger partial charge in [0.1, 0.15) is 0 Å². The van der Waals surface area contributed by atoms with Crippen LogP contribution in [-0.2, 0) is 4.79 Å². The molecule has 13 heavy (non-hydrogen) atoms. The summed E-state index contributed by atoms with van der Waals surface area (Å²) >= 11 is 4.87. The van der Waals surface area contributed by atoms with Gasteiger partial charge in [0.15, 0.2) is 0 Å². The number of thiocarbonyl (C=S) groups is 1. The molecule has 1 atom stereocenters. The molecule has 0 fully saturated rings. The van der Waals surface area contributed by atoms with Crippen molar-refractivity contribution in [1.82, 2.24) is 5.32 Å². The molecule has 76 valence electrons. The molecule has 0 aliphatic heterocycles. The molecule has 0 spiro atoms. The molecular weight excluding hydrogens is 184 g/mol. The van der Waals surface area contributed by atoms with Crippen molar-refractivity contribution < 1.29 is 4.79 Å². The number of nitrogens with two attached hydrogens (primary N) is 1. The molecule has 1 amide bonds. The Hall–Kier alpha value is -0.640. The Balaban J connectivity index is 4.39. The largest absolute Gasteiger partial charge is 0.392 e. The van der Waals surface area contributed by atoms with Gasteiger partial charge in [0.05, 0.1) is 10.4 Å². The van der Waals surface area contributed by atoms with Crippen molar-refractivity contribution in [3.05, 3.63) is 0 Å². The van der Waals surface area contributed by atoms with Crippen molar-refractivity contribution in [3.63, 3.8) is 0 Å². The molecule has 0 saturated heterocycles. The summed E-state index contributed by atoms with van der Waals surface area (Å²) in [6, 6.07) is 0. The summed E-state index contributed by atoms with van der Waals surface area (Å²) in [7, 11) is 0. The van der Waals surface area contributed by atoms with Gasteiger partial charge in [-0.1, -0.05) is 26.1 Å². The van der Waals surface area contributed by atoms with E-state index in [1.165, 1.54) is 0 Å². The second kappa shape index (κ2) is 5.17. The summed E-state index contributed by atoms with van der Waals surface area (Å²) in [6.07, 6.45) is 1.56. The van der Waals surface area contributed by atoms with Crippen LogP contribution in [0.5, 0.6) is 0 Å². The smallest absolute Gasteiger partial charge is 0.232 e. The maximum Gasteiger partial charge on any atom is 0.232 e. The van der Waals surface area contributed by atoms with E-state index in [1.54, 1.807) is 6.92 Å². The number of hydrogen-bond acceptors (Lipinski definition) is 2. The third-order valence-corrected chi connectivity index (χ3v) is 2.74. The van der Waals surface area contributed by atoms with Crippen molar-refractivity contribution in [3.8, 4) is 0 Å². The van der Waals surface area contributed by atoms with Crippen LogP contribution in [0.4, 0.5) is 0 Å². The topological polar surface area (TPSA) is 55.1 Å². The average molecular weight is 202 g/mol. The van der Waals surface area contributed by atoms with Gasteiger partial charge in [-0.15, -0.1) is 0 Å². The molecular formula is C9H18N2OS. The highest BCUT2D eigenvalue weighted by atomic mass is 32.1. The van der Waals surface area contributed by atoms with Crippen LogP contribution < -0.4 is 11.1 Å². The lowest BCUT2D eigenvalue weighted by molar-refractivity contribution is -0.126. The first kappa shape index (κ1) is 12.4. The van der Waals surface area contributed by atoms with Crippen LogP contribution in [0.15, 0.2) is 0 Å². The highest BCUT2D eigenvalue weighted by molar-refractivity contribution is 7.80. The molecule has 1 unspecified atom stereocenters. The second-order valence-electron chi connectivity index (χ2n) is 3.31. The van der Waals surface area contributed by atoms with E-state index in [0.717, 1.165) is 6.42 Å². The average Bonchev–Trinajstić information content (AvgIpc) is 2.12. The number of hydrogen-bond donors (Lipinski definition) is 2. The molecule has 0 aliphatic carbocycles. The Kier molecular flexibility index (Phi) is 4.91. The lowest BCUT2D eigenvalue weighted by Gasteiger charge is -2.25. The van der Waals surface area contributed by atoms with E-state index in [1.807, 2.05) is 13.8 Å². The number of carbonyl (C=O) groups is 1. The SMILES string of the molecule is CCCNC(=O)C(C)(CC)C(N)=S. The van der Waals surface area contributed by atoms with E-state index in [4.69, 9.17) is 18.0 Å². The van der Waals surface area contributed by atoms with Crippen LogP contribution in [0, 0.1) is 5.41 Å². The maximum atomic E-state index is 11.6. The zero-order chi connectivity index (χ0) is 10.5. The van der Waals surface area contributed by atoms with Crippen LogP contribution >= 0.6 is 12.2 Å². The molecule has 0 bridgehead atoms. The molecule has 0 rings (SSSR count). The number of carbonyl (C=O) groups excluding carboxylic acids is 1. The summed E-state index contributed by atoms with van der Waals surface area (Å²) in [5.41, 5.74) is 4.83. The molecule has 0 saturated carbocycles. The molecule has 0 radical (unpaired) electrons. The monoisotopic (exact) mass is 202 g/mol. The molecule has 4 heteroatoms. The van der Waals surface area contributed by atoms with Gasteiger partial charge in [-0.25, -0.2) is 0 Å². The van der Waals surface area contributed by atoms with Gasteiger partial charge in [-0.3, -0.25) is 4.79 Å². The first-order chi connectivity index (χ1) is 5.99. The predicted molar refractivity (Wildman–Crippen MR) is 58.5 cm³/mol.